The summed E-state index contributed by atoms with van der Waals surface area (Å²) in [7, 11) is 0. The highest BCUT2D eigenvalue weighted by Gasteiger charge is 2.44. The molecule has 4 atom stereocenters. The molecule has 1 saturated carbocycles. The zero-order chi connectivity index (χ0) is 18.5. The Kier molecular flexibility index (Phi) is 5.76. The molecule has 2 aliphatic rings. The van der Waals surface area contributed by atoms with Gasteiger partial charge in [-0.2, -0.15) is 0 Å². The fourth-order valence-corrected chi connectivity index (χ4v) is 5.10. The third kappa shape index (κ3) is 4.18. The molecule has 142 valence electrons. The van der Waals surface area contributed by atoms with Crippen molar-refractivity contribution in [3.05, 3.63) is 66.2 Å². The van der Waals surface area contributed by atoms with Gasteiger partial charge in [0.25, 0.3) is 0 Å². The average molecular weight is 363 g/mol. The Bertz CT molecular complexity index is 731. The van der Waals surface area contributed by atoms with E-state index < -0.39 is 0 Å². The van der Waals surface area contributed by atoms with E-state index in [-0.39, 0.29) is 11.8 Å². The van der Waals surface area contributed by atoms with Crippen LogP contribution in [-0.4, -0.2) is 18.5 Å². The molecule has 1 aliphatic heterocycles. The zero-order valence-corrected chi connectivity index (χ0v) is 15.9. The first-order chi connectivity index (χ1) is 13.3. The average Bonchev–Trinajstić information content (AvgIpc) is 2.72. The molecule has 1 aliphatic carbocycles. The number of rotatable bonds is 6. The molecule has 27 heavy (non-hydrogen) atoms. The maximum absolute atomic E-state index is 13.0. The van der Waals surface area contributed by atoms with Gasteiger partial charge in [-0.05, 0) is 49.3 Å². The van der Waals surface area contributed by atoms with Gasteiger partial charge in [0.05, 0.1) is 0 Å². The van der Waals surface area contributed by atoms with Gasteiger partial charge in [-0.1, -0.05) is 61.4 Å². The van der Waals surface area contributed by atoms with Crippen molar-refractivity contribution in [2.45, 2.75) is 50.5 Å². The molecule has 0 bridgehead atoms. The SMILES string of the molecule is O=C1N[C@@H]2CCCC[C@@H]2[C@H](c2ccccc2)[C@@H]1CCCNc1ccccc1. The van der Waals surface area contributed by atoms with Crippen LogP contribution in [0.2, 0.25) is 0 Å². The highest BCUT2D eigenvalue weighted by Crippen LogP contribution is 2.45. The number of amides is 1. The maximum Gasteiger partial charge on any atom is 0.223 e. The predicted octanol–water partition coefficient (Wildman–Crippen LogP) is 4.97. The number of carbonyl (C=O) groups is 1. The summed E-state index contributed by atoms with van der Waals surface area (Å²) in [5, 5.41) is 6.85. The van der Waals surface area contributed by atoms with E-state index in [1.807, 2.05) is 18.2 Å². The van der Waals surface area contributed by atoms with Gasteiger partial charge in [0.15, 0.2) is 0 Å². The van der Waals surface area contributed by atoms with Crippen LogP contribution >= 0.6 is 0 Å². The van der Waals surface area contributed by atoms with Gasteiger partial charge in [-0.25, -0.2) is 0 Å². The number of fused-ring (bicyclic) bond motifs is 1. The van der Waals surface area contributed by atoms with Crippen molar-refractivity contribution in [1.29, 1.82) is 0 Å². The van der Waals surface area contributed by atoms with E-state index >= 15 is 0 Å². The summed E-state index contributed by atoms with van der Waals surface area (Å²) in [4.78, 5) is 13.0. The van der Waals surface area contributed by atoms with Crippen LogP contribution in [-0.2, 0) is 4.79 Å². The highest BCUT2D eigenvalue weighted by atomic mass is 16.2. The third-order valence-electron chi connectivity index (χ3n) is 6.36. The molecule has 2 N–H and O–H groups in total. The Balaban J connectivity index is 1.45. The number of nitrogens with one attached hydrogen (secondary N) is 2. The number of carbonyl (C=O) groups excluding carboxylic acids is 1. The molecule has 1 amide bonds. The van der Waals surface area contributed by atoms with Crippen molar-refractivity contribution < 1.29 is 4.79 Å². The molecule has 0 unspecified atom stereocenters. The molecule has 2 aromatic rings. The lowest BCUT2D eigenvalue weighted by atomic mass is 9.65. The molecule has 2 aromatic carbocycles. The second-order valence-corrected chi connectivity index (χ2v) is 8.04. The summed E-state index contributed by atoms with van der Waals surface area (Å²) in [5.74, 6) is 1.31. The van der Waals surface area contributed by atoms with Crippen molar-refractivity contribution in [2.24, 2.45) is 11.8 Å². The Labute approximate surface area is 162 Å². The quantitative estimate of drug-likeness (QED) is 0.713. The molecule has 0 spiro atoms. The number of hydrogen-bond acceptors (Lipinski definition) is 2. The number of anilines is 1. The minimum absolute atomic E-state index is 0.0873. The van der Waals surface area contributed by atoms with E-state index in [1.54, 1.807) is 0 Å². The van der Waals surface area contributed by atoms with Crippen LogP contribution in [0.4, 0.5) is 5.69 Å². The summed E-state index contributed by atoms with van der Waals surface area (Å²) in [5.41, 5.74) is 2.50. The summed E-state index contributed by atoms with van der Waals surface area (Å²) in [6.45, 7) is 0.906. The second-order valence-electron chi connectivity index (χ2n) is 8.04. The molecular formula is C24H30N2O. The van der Waals surface area contributed by atoms with Crippen LogP contribution in [0.3, 0.4) is 0 Å². The number of para-hydroxylation sites is 1. The van der Waals surface area contributed by atoms with E-state index in [0.717, 1.165) is 31.5 Å². The van der Waals surface area contributed by atoms with Crippen molar-refractivity contribution in [1.82, 2.24) is 5.32 Å². The van der Waals surface area contributed by atoms with Crippen LogP contribution in [0.5, 0.6) is 0 Å². The number of hydrogen-bond donors (Lipinski definition) is 2. The van der Waals surface area contributed by atoms with E-state index in [0.29, 0.717) is 17.9 Å². The smallest absolute Gasteiger partial charge is 0.223 e. The first-order valence-electron chi connectivity index (χ1n) is 10.5. The zero-order valence-electron chi connectivity index (χ0n) is 15.9. The van der Waals surface area contributed by atoms with Gasteiger partial charge in [0, 0.05) is 30.1 Å². The van der Waals surface area contributed by atoms with Gasteiger partial charge in [-0.3, -0.25) is 4.79 Å². The van der Waals surface area contributed by atoms with Crippen molar-refractivity contribution >= 4 is 11.6 Å². The standard InChI is InChI=1S/C24H30N2O/c27-24-21(15-9-17-25-19-12-5-2-6-13-19)23(18-10-3-1-4-11-18)20-14-7-8-16-22(20)26-24/h1-6,10-13,20-23,25H,7-9,14-17H2,(H,26,27)/t20-,21-,22+,23-/m0/s1. The molecule has 0 aromatic heterocycles. The minimum atomic E-state index is 0.0873. The number of benzene rings is 2. The molecular weight excluding hydrogens is 332 g/mol. The molecule has 4 rings (SSSR count). The minimum Gasteiger partial charge on any atom is -0.385 e. The van der Waals surface area contributed by atoms with Gasteiger partial charge >= 0.3 is 0 Å². The van der Waals surface area contributed by atoms with Crippen LogP contribution in [0, 0.1) is 11.8 Å². The Hall–Kier alpha value is -2.29. The van der Waals surface area contributed by atoms with Crippen molar-refractivity contribution in [3.8, 4) is 0 Å². The lowest BCUT2D eigenvalue weighted by Crippen LogP contribution is -2.54. The van der Waals surface area contributed by atoms with E-state index in [9.17, 15) is 4.79 Å². The molecule has 0 radical (unpaired) electrons. The van der Waals surface area contributed by atoms with Crippen molar-refractivity contribution in [3.63, 3.8) is 0 Å². The molecule has 1 saturated heterocycles. The fraction of sp³-hybridized carbons (Fsp3) is 0.458. The third-order valence-corrected chi connectivity index (χ3v) is 6.36. The van der Waals surface area contributed by atoms with Crippen LogP contribution in [0.15, 0.2) is 60.7 Å². The molecule has 1 heterocycles. The summed E-state index contributed by atoms with van der Waals surface area (Å²) in [6, 6.07) is 21.4. The van der Waals surface area contributed by atoms with Gasteiger partial charge in [0.1, 0.15) is 0 Å². The monoisotopic (exact) mass is 362 g/mol. The van der Waals surface area contributed by atoms with Crippen LogP contribution in [0.1, 0.15) is 50.0 Å². The normalized spacial score (nSPS) is 27.5. The van der Waals surface area contributed by atoms with Crippen LogP contribution < -0.4 is 10.6 Å². The predicted molar refractivity (Wildman–Crippen MR) is 111 cm³/mol. The fourth-order valence-electron chi connectivity index (χ4n) is 5.10. The van der Waals surface area contributed by atoms with E-state index in [1.165, 1.54) is 24.8 Å². The lowest BCUT2D eigenvalue weighted by molar-refractivity contribution is -0.131. The molecule has 3 nitrogen and oxygen atoms in total. The Morgan fingerprint density at radius 2 is 1.63 bits per heavy atom. The maximum atomic E-state index is 13.0. The summed E-state index contributed by atoms with van der Waals surface area (Å²) >= 11 is 0. The molecule has 3 heteroatoms. The number of piperidine rings is 1. The highest BCUT2D eigenvalue weighted by molar-refractivity contribution is 5.81. The van der Waals surface area contributed by atoms with Crippen LogP contribution in [0.25, 0.3) is 0 Å². The second kappa shape index (κ2) is 8.60. The topological polar surface area (TPSA) is 41.1 Å². The van der Waals surface area contributed by atoms with Gasteiger partial charge < -0.3 is 10.6 Å². The molecule has 2 fully saturated rings. The van der Waals surface area contributed by atoms with Gasteiger partial charge in [0.2, 0.25) is 5.91 Å². The first kappa shape index (κ1) is 18.1. The lowest BCUT2D eigenvalue weighted by Gasteiger charge is -2.46. The summed E-state index contributed by atoms with van der Waals surface area (Å²) in [6.07, 6.45) is 6.87. The Morgan fingerprint density at radius 1 is 0.926 bits per heavy atom. The van der Waals surface area contributed by atoms with E-state index in [2.05, 4.69) is 53.1 Å². The van der Waals surface area contributed by atoms with Gasteiger partial charge in [-0.15, -0.1) is 0 Å². The Morgan fingerprint density at radius 3 is 2.41 bits per heavy atom. The van der Waals surface area contributed by atoms with Crippen molar-refractivity contribution in [2.75, 3.05) is 11.9 Å². The largest absolute Gasteiger partial charge is 0.385 e. The summed E-state index contributed by atoms with van der Waals surface area (Å²) < 4.78 is 0. The first-order valence-corrected chi connectivity index (χ1v) is 10.5. The van der Waals surface area contributed by atoms with E-state index in [4.69, 9.17) is 0 Å².